The van der Waals surface area contributed by atoms with Crippen molar-refractivity contribution in [3.8, 4) is 0 Å². The monoisotopic (exact) mass is 515 g/mol. The van der Waals surface area contributed by atoms with Gasteiger partial charge in [-0.2, -0.15) is 0 Å². The van der Waals surface area contributed by atoms with Crippen molar-refractivity contribution in [2.45, 2.75) is 121 Å². The van der Waals surface area contributed by atoms with Crippen molar-refractivity contribution < 1.29 is 23.2 Å². The molecule has 3 aliphatic carbocycles. The molecule has 4 fully saturated rings. The molecule has 1 aromatic carbocycles. The summed E-state index contributed by atoms with van der Waals surface area (Å²) < 4.78 is 26.3. The molecular weight excluding hydrogens is 476 g/mol. The van der Waals surface area contributed by atoms with Crippen LogP contribution in [-0.4, -0.2) is 46.7 Å². The predicted octanol–water partition coefficient (Wildman–Crippen LogP) is 5.02. The Kier molecular flexibility index (Phi) is 7.40. The number of nitrogens with zero attached hydrogens (tertiary/aromatic N) is 1. The highest BCUT2D eigenvalue weighted by Gasteiger charge is 2.50. The number of piperidine rings is 1. The normalized spacial score (nSPS) is 27.3. The number of aryl methyl sites for hydroxylation is 1. The first-order valence-corrected chi connectivity index (χ1v) is 14.0. The highest BCUT2D eigenvalue weighted by atomic mass is 19.3. The first kappa shape index (κ1) is 26.3. The lowest BCUT2D eigenvalue weighted by atomic mass is 9.57. The Balaban J connectivity index is 0.000000152. The van der Waals surface area contributed by atoms with E-state index in [0.717, 1.165) is 36.8 Å². The number of fused-ring (bicyclic) bond motifs is 1. The van der Waals surface area contributed by atoms with Gasteiger partial charge in [-0.1, -0.05) is 37.0 Å². The van der Waals surface area contributed by atoms with Crippen molar-refractivity contribution >= 4 is 17.7 Å². The maximum Gasteiger partial charge on any atom is 0.255 e. The van der Waals surface area contributed by atoms with Crippen LogP contribution in [0.2, 0.25) is 0 Å². The first-order chi connectivity index (χ1) is 17.6. The molecule has 0 bridgehead atoms. The molecule has 1 spiro atoms. The van der Waals surface area contributed by atoms with Gasteiger partial charge >= 0.3 is 0 Å². The number of imide groups is 1. The van der Waals surface area contributed by atoms with Crippen LogP contribution in [0.3, 0.4) is 0 Å². The van der Waals surface area contributed by atoms with E-state index in [4.69, 9.17) is 0 Å². The van der Waals surface area contributed by atoms with Crippen LogP contribution in [0, 0.1) is 12.3 Å². The van der Waals surface area contributed by atoms with E-state index in [1.807, 2.05) is 19.1 Å². The minimum absolute atomic E-state index is 0.121. The Bertz CT molecular complexity index is 1030. The molecule has 1 saturated heterocycles. The van der Waals surface area contributed by atoms with Crippen LogP contribution in [0.5, 0.6) is 0 Å². The van der Waals surface area contributed by atoms with Gasteiger partial charge in [0.15, 0.2) is 0 Å². The van der Waals surface area contributed by atoms with Gasteiger partial charge in [0, 0.05) is 43.5 Å². The van der Waals surface area contributed by atoms with Gasteiger partial charge in [0.2, 0.25) is 17.7 Å². The predicted molar refractivity (Wildman–Crippen MR) is 136 cm³/mol. The van der Waals surface area contributed by atoms with Crippen LogP contribution in [0.1, 0.15) is 105 Å². The molecule has 8 heteroatoms. The van der Waals surface area contributed by atoms with E-state index in [0.29, 0.717) is 30.6 Å². The highest BCUT2D eigenvalue weighted by molar-refractivity contribution is 6.05. The largest absolute Gasteiger partial charge is 0.322 e. The average molecular weight is 516 g/mol. The maximum absolute atomic E-state index is 13.2. The molecule has 1 aromatic rings. The molecule has 6 rings (SSSR count). The van der Waals surface area contributed by atoms with E-state index < -0.39 is 12.0 Å². The lowest BCUT2D eigenvalue weighted by Gasteiger charge is -2.52. The number of rotatable bonds is 3. The summed E-state index contributed by atoms with van der Waals surface area (Å²) in [5.74, 6) is -3.12. The van der Waals surface area contributed by atoms with Crippen molar-refractivity contribution in [3.05, 3.63) is 34.9 Å². The number of carbonyl (C=O) groups excluding carboxylic acids is 3. The van der Waals surface area contributed by atoms with E-state index >= 15 is 0 Å². The smallest absolute Gasteiger partial charge is 0.255 e. The molecule has 1 atom stereocenters. The maximum atomic E-state index is 13.2. The van der Waals surface area contributed by atoms with Gasteiger partial charge in [0.1, 0.15) is 6.04 Å². The second-order valence-electron chi connectivity index (χ2n) is 12.0. The Hall–Kier alpha value is -2.35. The number of carbonyl (C=O) groups is 3. The Morgan fingerprint density at radius 1 is 0.946 bits per heavy atom. The molecule has 0 aromatic heterocycles. The minimum Gasteiger partial charge on any atom is -0.322 e. The zero-order valence-corrected chi connectivity index (χ0v) is 21.8. The molecule has 5 aliphatic rings. The Morgan fingerprint density at radius 2 is 1.65 bits per heavy atom. The van der Waals surface area contributed by atoms with E-state index in [9.17, 15) is 23.2 Å². The minimum atomic E-state index is -2.37. The summed E-state index contributed by atoms with van der Waals surface area (Å²) in [6.45, 7) is 2.42. The topological polar surface area (TPSA) is 78.5 Å². The average Bonchev–Trinajstić information content (AvgIpc) is 3.15. The number of amides is 3. The number of alkyl halides is 2. The number of hydrogen-bond donors (Lipinski definition) is 2. The summed E-state index contributed by atoms with van der Waals surface area (Å²) in [7, 11) is 0. The third kappa shape index (κ3) is 5.89. The van der Waals surface area contributed by atoms with Crippen LogP contribution < -0.4 is 10.6 Å². The first-order valence-electron chi connectivity index (χ1n) is 14.0. The van der Waals surface area contributed by atoms with Crippen LogP contribution in [0.15, 0.2) is 18.2 Å². The van der Waals surface area contributed by atoms with E-state index in [2.05, 4.69) is 10.6 Å². The standard InChI is InChI=1S/C15H25F2N.C14H14N2O3/c16-15(17)8-6-14(7-9-15)10-13(11-14)18-12-4-2-1-3-5-12;1-8-2-3-10-9(6-8)7-16(14(10)19)11-4-5-12(17)15-13(11)18/h12-13,18H,1-11H2;2-3,6,11H,4-5,7H2,1H3,(H,15,17,18). The Labute approximate surface area is 217 Å². The van der Waals surface area contributed by atoms with Crippen molar-refractivity contribution in [2.24, 2.45) is 5.41 Å². The fraction of sp³-hybridized carbons (Fsp3) is 0.690. The fourth-order valence-corrected chi connectivity index (χ4v) is 6.96. The quantitative estimate of drug-likeness (QED) is 0.554. The summed E-state index contributed by atoms with van der Waals surface area (Å²) >= 11 is 0. The number of halogens is 2. The van der Waals surface area contributed by atoms with Crippen LogP contribution in [-0.2, 0) is 16.1 Å². The second-order valence-corrected chi connectivity index (χ2v) is 12.0. The molecule has 3 saturated carbocycles. The molecule has 202 valence electrons. The van der Waals surface area contributed by atoms with Crippen LogP contribution in [0.4, 0.5) is 8.78 Å². The van der Waals surface area contributed by atoms with E-state index in [1.54, 1.807) is 11.0 Å². The molecule has 2 N–H and O–H groups in total. The third-order valence-corrected chi connectivity index (χ3v) is 9.16. The van der Waals surface area contributed by atoms with Gasteiger partial charge in [-0.05, 0) is 68.9 Å². The molecule has 37 heavy (non-hydrogen) atoms. The Morgan fingerprint density at radius 3 is 2.32 bits per heavy atom. The molecule has 2 heterocycles. The summed E-state index contributed by atoms with van der Waals surface area (Å²) in [5.41, 5.74) is 3.00. The van der Waals surface area contributed by atoms with Crippen molar-refractivity contribution in [1.29, 1.82) is 0 Å². The zero-order valence-electron chi connectivity index (χ0n) is 21.8. The molecule has 2 aliphatic heterocycles. The van der Waals surface area contributed by atoms with E-state index in [1.165, 1.54) is 32.1 Å². The molecule has 6 nitrogen and oxygen atoms in total. The SMILES string of the molecule is Cc1ccc2c(c1)CN(C1CCC(=O)NC1=O)C2=O.FC1(F)CCC2(CC1)CC(NC1CCCCC1)C2. The highest BCUT2D eigenvalue weighted by Crippen LogP contribution is 2.55. The van der Waals surface area contributed by atoms with Gasteiger partial charge in [0.05, 0.1) is 0 Å². The lowest BCUT2D eigenvalue weighted by Crippen LogP contribution is -2.54. The van der Waals surface area contributed by atoms with Gasteiger partial charge in [0.25, 0.3) is 5.91 Å². The van der Waals surface area contributed by atoms with Gasteiger partial charge in [-0.3, -0.25) is 19.7 Å². The summed E-state index contributed by atoms with van der Waals surface area (Å²) in [5, 5.41) is 6.05. The number of benzene rings is 1. The van der Waals surface area contributed by atoms with Gasteiger partial charge in [-0.15, -0.1) is 0 Å². The van der Waals surface area contributed by atoms with E-state index in [-0.39, 0.29) is 42.4 Å². The zero-order chi connectivity index (χ0) is 26.2. The number of hydrogen-bond acceptors (Lipinski definition) is 4. The van der Waals surface area contributed by atoms with Crippen LogP contribution >= 0.6 is 0 Å². The summed E-state index contributed by atoms with van der Waals surface area (Å²) in [4.78, 5) is 36.8. The van der Waals surface area contributed by atoms with Gasteiger partial charge < -0.3 is 10.2 Å². The fourth-order valence-electron chi connectivity index (χ4n) is 6.96. The molecule has 3 amide bonds. The van der Waals surface area contributed by atoms with Crippen molar-refractivity contribution in [2.75, 3.05) is 0 Å². The summed E-state index contributed by atoms with van der Waals surface area (Å²) in [6, 6.07) is 6.48. The van der Waals surface area contributed by atoms with Gasteiger partial charge in [-0.25, -0.2) is 8.78 Å². The molecular formula is C29H39F2N3O3. The molecule has 0 radical (unpaired) electrons. The second kappa shape index (κ2) is 10.4. The summed E-state index contributed by atoms with van der Waals surface area (Å²) in [6.07, 6.45) is 11.5. The lowest BCUT2D eigenvalue weighted by molar-refractivity contribution is -0.136. The molecule has 1 unspecified atom stereocenters. The van der Waals surface area contributed by atoms with Crippen molar-refractivity contribution in [1.82, 2.24) is 15.5 Å². The van der Waals surface area contributed by atoms with Crippen LogP contribution in [0.25, 0.3) is 0 Å². The van der Waals surface area contributed by atoms with Crippen molar-refractivity contribution in [3.63, 3.8) is 0 Å². The number of nitrogens with one attached hydrogen (secondary N) is 2. The third-order valence-electron chi connectivity index (χ3n) is 9.16.